The SMILES string of the molecule is Cc1c[nH]c2ncc(-c3ccccc3OCc3cccc(Cl)c3)cc12. The van der Waals surface area contributed by atoms with Crippen LogP contribution in [0.2, 0.25) is 5.02 Å². The highest BCUT2D eigenvalue weighted by atomic mass is 35.5. The van der Waals surface area contributed by atoms with Crippen LogP contribution in [0, 0.1) is 6.92 Å². The van der Waals surface area contributed by atoms with E-state index in [0.717, 1.165) is 33.5 Å². The van der Waals surface area contributed by atoms with Gasteiger partial charge in [-0.25, -0.2) is 4.98 Å². The molecule has 2 heterocycles. The van der Waals surface area contributed by atoms with Crippen LogP contribution in [0.15, 0.2) is 67.0 Å². The van der Waals surface area contributed by atoms with Gasteiger partial charge in [-0.15, -0.1) is 0 Å². The highest BCUT2D eigenvalue weighted by Crippen LogP contribution is 2.32. The van der Waals surface area contributed by atoms with Crippen LogP contribution in [0.5, 0.6) is 5.75 Å². The molecule has 4 heteroatoms. The molecule has 0 amide bonds. The lowest BCUT2D eigenvalue weighted by Crippen LogP contribution is -1.97. The van der Waals surface area contributed by atoms with Crippen LogP contribution in [0.3, 0.4) is 0 Å². The Bertz CT molecular complexity index is 1040. The summed E-state index contributed by atoms with van der Waals surface area (Å²) in [5.41, 5.74) is 5.19. The molecule has 2 aromatic heterocycles. The van der Waals surface area contributed by atoms with Gasteiger partial charge in [-0.3, -0.25) is 0 Å². The van der Waals surface area contributed by atoms with E-state index in [1.807, 2.05) is 54.9 Å². The van der Waals surface area contributed by atoms with Crippen LogP contribution < -0.4 is 4.74 Å². The normalized spacial score (nSPS) is 11.0. The summed E-state index contributed by atoms with van der Waals surface area (Å²) in [6.45, 7) is 2.54. The number of nitrogens with zero attached hydrogens (tertiary/aromatic N) is 1. The molecular weight excluding hydrogens is 332 g/mol. The lowest BCUT2D eigenvalue weighted by atomic mass is 10.0. The Kier molecular flexibility index (Phi) is 4.16. The lowest BCUT2D eigenvalue weighted by molar-refractivity contribution is 0.307. The molecule has 124 valence electrons. The number of halogens is 1. The molecule has 0 aliphatic rings. The lowest BCUT2D eigenvalue weighted by Gasteiger charge is -2.12. The molecule has 0 unspecified atom stereocenters. The molecule has 0 saturated carbocycles. The second-order valence-electron chi connectivity index (χ2n) is 6.01. The van der Waals surface area contributed by atoms with Gasteiger partial charge in [-0.05, 0) is 42.3 Å². The van der Waals surface area contributed by atoms with Gasteiger partial charge in [-0.2, -0.15) is 0 Å². The molecule has 3 nitrogen and oxygen atoms in total. The third-order valence-corrected chi connectivity index (χ3v) is 4.45. The second-order valence-corrected chi connectivity index (χ2v) is 6.44. The number of aryl methyl sites for hydroxylation is 1. The minimum atomic E-state index is 0.469. The molecule has 1 N–H and O–H groups in total. The molecule has 0 radical (unpaired) electrons. The smallest absolute Gasteiger partial charge is 0.137 e. The van der Waals surface area contributed by atoms with Gasteiger partial charge < -0.3 is 9.72 Å². The molecule has 0 bridgehead atoms. The van der Waals surface area contributed by atoms with Crippen molar-refractivity contribution in [2.45, 2.75) is 13.5 Å². The van der Waals surface area contributed by atoms with Crippen LogP contribution in [-0.2, 0) is 6.61 Å². The third-order valence-electron chi connectivity index (χ3n) is 4.22. The van der Waals surface area contributed by atoms with Crippen molar-refractivity contribution in [2.24, 2.45) is 0 Å². The fourth-order valence-electron chi connectivity index (χ4n) is 2.90. The Balaban J connectivity index is 1.67. The predicted molar refractivity (Wildman–Crippen MR) is 102 cm³/mol. The zero-order chi connectivity index (χ0) is 17.2. The van der Waals surface area contributed by atoms with Gasteiger partial charge in [0.2, 0.25) is 0 Å². The summed E-state index contributed by atoms with van der Waals surface area (Å²) in [5, 5.41) is 1.84. The molecule has 0 spiro atoms. The number of aromatic nitrogens is 2. The number of H-pyrrole nitrogens is 1. The van der Waals surface area contributed by atoms with E-state index in [-0.39, 0.29) is 0 Å². The van der Waals surface area contributed by atoms with Crippen molar-refractivity contribution in [3.63, 3.8) is 0 Å². The molecule has 25 heavy (non-hydrogen) atoms. The molecular formula is C21H17ClN2O. The van der Waals surface area contributed by atoms with Crippen molar-refractivity contribution in [2.75, 3.05) is 0 Å². The van der Waals surface area contributed by atoms with Crippen molar-refractivity contribution < 1.29 is 4.74 Å². The van der Waals surface area contributed by atoms with Crippen LogP contribution in [0.25, 0.3) is 22.2 Å². The summed E-state index contributed by atoms with van der Waals surface area (Å²) in [6, 6.07) is 17.9. The van der Waals surface area contributed by atoms with E-state index in [4.69, 9.17) is 16.3 Å². The van der Waals surface area contributed by atoms with Gasteiger partial charge in [0, 0.05) is 33.9 Å². The maximum atomic E-state index is 6.06. The van der Waals surface area contributed by atoms with Crippen LogP contribution >= 0.6 is 11.6 Å². The van der Waals surface area contributed by atoms with Crippen molar-refractivity contribution in [3.8, 4) is 16.9 Å². The number of para-hydroxylation sites is 1. The first-order valence-corrected chi connectivity index (χ1v) is 8.49. The van der Waals surface area contributed by atoms with E-state index in [1.54, 1.807) is 0 Å². The molecule has 2 aromatic carbocycles. The van der Waals surface area contributed by atoms with Crippen LogP contribution in [0.4, 0.5) is 0 Å². The van der Waals surface area contributed by atoms with E-state index >= 15 is 0 Å². The average molecular weight is 349 g/mol. The maximum Gasteiger partial charge on any atom is 0.137 e. The van der Waals surface area contributed by atoms with Gasteiger partial charge in [0.25, 0.3) is 0 Å². The molecule has 4 rings (SSSR count). The number of hydrogen-bond acceptors (Lipinski definition) is 2. The fourth-order valence-corrected chi connectivity index (χ4v) is 3.11. The standard InChI is InChI=1S/C21H17ClN2O/c1-14-11-23-21-19(14)10-16(12-24-21)18-7-2-3-8-20(18)25-13-15-5-4-6-17(22)9-15/h2-12H,13H2,1H3,(H,23,24). The predicted octanol–water partition coefficient (Wildman–Crippen LogP) is 5.77. The first-order chi connectivity index (χ1) is 12.2. The Morgan fingerprint density at radius 3 is 2.84 bits per heavy atom. The fraction of sp³-hybridized carbons (Fsp3) is 0.0952. The van der Waals surface area contributed by atoms with E-state index in [2.05, 4.69) is 29.0 Å². The second kappa shape index (κ2) is 6.61. The first kappa shape index (κ1) is 15.7. The topological polar surface area (TPSA) is 37.9 Å². The van der Waals surface area contributed by atoms with E-state index in [9.17, 15) is 0 Å². The highest BCUT2D eigenvalue weighted by Gasteiger charge is 2.09. The van der Waals surface area contributed by atoms with Gasteiger partial charge in [0.15, 0.2) is 0 Å². The molecule has 0 atom stereocenters. The van der Waals surface area contributed by atoms with Gasteiger partial charge >= 0.3 is 0 Å². The number of rotatable bonds is 4. The van der Waals surface area contributed by atoms with E-state index in [0.29, 0.717) is 11.6 Å². The molecule has 4 aromatic rings. The zero-order valence-electron chi connectivity index (χ0n) is 13.8. The number of benzene rings is 2. The highest BCUT2D eigenvalue weighted by molar-refractivity contribution is 6.30. The van der Waals surface area contributed by atoms with Crippen molar-refractivity contribution in [3.05, 3.63) is 83.1 Å². The maximum absolute atomic E-state index is 6.06. The number of nitrogens with one attached hydrogen (secondary N) is 1. The molecule has 0 aliphatic carbocycles. The van der Waals surface area contributed by atoms with Gasteiger partial charge in [0.05, 0.1) is 0 Å². The van der Waals surface area contributed by atoms with E-state index in [1.165, 1.54) is 5.56 Å². The van der Waals surface area contributed by atoms with Crippen molar-refractivity contribution in [1.29, 1.82) is 0 Å². The number of hydrogen-bond donors (Lipinski definition) is 1. The third kappa shape index (κ3) is 3.24. The summed E-state index contributed by atoms with van der Waals surface area (Å²) >= 11 is 6.05. The summed E-state index contributed by atoms with van der Waals surface area (Å²) in [5.74, 6) is 0.830. The molecule has 0 fully saturated rings. The summed E-state index contributed by atoms with van der Waals surface area (Å²) in [6.07, 6.45) is 3.85. The monoisotopic (exact) mass is 348 g/mol. The average Bonchev–Trinajstić information content (AvgIpc) is 3.01. The molecule has 0 aliphatic heterocycles. The number of aromatic amines is 1. The summed E-state index contributed by atoms with van der Waals surface area (Å²) in [4.78, 5) is 7.70. The Hall–Kier alpha value is -2.78. The Morgan fingerprint density at radius 1 is 1.08 bits per heavy atom. The number of fused-ring (bicyclic) bond motifs is 1. The van der Waals surface area contributed by atoms with Crippen molar-refractivity contribution >= 4 is 22.6 Å². The van der Waals surface area contributed by atoms with Crippen LogP contribution in [-0.4, -0.2) is 9.97 Å². The van der Waals surface area contributed by atoms with Gasteiger partial charge in [0.1, 0.15) is 18.0 Å². The van der Waals surface area contributed by atoms with Gasteiger partial charge in [-0.1, -0.05) is 41.9 Å². The largest absolute Gasteiger partial charge is 0.488 e. The van der Waals surface area contributed by atoms with Crippen molar-refractivity contribution in [1.82, 2.24) is 9.97 Å². The Morgan fingerprint density at radius 2 is 1.96 bits per heavy atom. The van der Waals surface area contributed by atoms with Crippen LogP contribution in [0.1, 0.15) is 11.1 Å². The quantitative estimate of drug-likeness (QED) is 0.508. The molecule has 0 saturated heterocycles. The summed E-state index contributed by atoms with van der Waals surface area (Å²) < 4.78 is 6.06. The first-order valence-electron chi connectivity index (χ1n) is 8.11. The zero-order valence-corrected chi connectivity index (χ0v) is 14.5. The van der Waals surface area contributed by atoms with E-state index < -0.39 is 0 Å². The minimum absolute atomic E-state index is 0.469. The number of pyridine rings is 1. The minimum Gasteiger partial charge on any atom is -0.488 e. The number of ether oxygens (including phenoxy) is 1. The summed E-state index contributed by atoms with van der Waals surface area (Å²) in [7, 11) is 0. The Labute approximate surface area is 151 Å².